The van der Waals surface area contributed by atoms with E-state index in [-0.39, 0.29) is 17.2 Å². The van der Waals surface area contributed by atoms with Crippen LogP contribution in [-0.2, 0) is 6.42 Å². The molecule has 53 heavy (non-hydrogen) atoms. The van der Waals surface area contributed by atoms with Crippen LogP contribution in [0.25, 0.3) is 0 Å². The van der Waals surface area contributed by atoms with Gasteiger partial charge in [0.1, 0.15) is 17.3 Å². The number of aromatic nitrogens is 1. The number of fused-ring (bicyclic) bond motifs is 1. The highest BCUT2D eigenvalue weighted by Gasteiger charge is 2.44. The minimum Gasteiger partial charge on any atom is -0.508 e. The van der Waals surface area contributed by atoms with E-state index in [0.717, 1.165) is 76.3 Å². The molecule has 1 aromatic heterocycles. The van der Waals surface area contributed by atoms with Crippen LogP contribution in [0.3, 0.4) is 0 Å². The fourth-order valence-electron chi connectivity index (χ4n) is 8.94. The minimum absolute atomic E-state index is 0.0399. The number of nitrogens with zero attached hydrogens (tertiary/aromatic N) is 3. The average Bonchev–Trinajstić information content (AvgIpc) is 3.84. The Kier molecular flexibility index (Phi) is 10.3. The van der Waals surface area contributed by atoms with Gasteiger partial charge in [0.2, 0.25) is 0 Å². The van der Waals surface area contributed by atoms with Gasteiger partial charge in [0.25, 0.3) is 5.91 Å². The van der Waals surface area contributed by atoms with Crippen molar-refractivity contribution in [3.8, 4) is 11.5 Å². The molecule has 272 valence electrons. The van der Waals surface area contributed by atoms with Crippen LogP contribution in [0.1, 0.15) is 83.0 Å². The van der Waals surface area contributed by atoms with E-state index in [1.807, 2.05) is 24.3 Å². The molecule has 1 spiro atoms. The van der Waals surface area contributed by atoms with Gasteiger partial charge in [0.15, 0.2) is 0 Å². The van der Waals surface area contributed by atoms with Gasteiger partial charge in [-0.2, -0.15) is 0 Å². The van der Waals surface area contributed by atoms with E-state index in [2.05, 4.69) is 111 Å². The molecule has 8 rings (SSSR count). The van der Waals surface area contributed by atoms with Crippen molar-refractivity contribution in [2.24, 2.45) is 5.41 Å². The Morgan fingerprint density at radius 1 is 0.811 bits per heavy atom. The highest BCUT2D eigenvalue weighted by Crippen LogP contribution is 2.47. The second kappa shape index (κ2) is 15.7. The molecule has 2 fully saturated rings. The van der Waals surface area contributed by atoms with Gasteiger partial charge >= 0.3 is 0 Å². The molecule has 4 aromatic carbocycles. The Morgan fingerprint density at radius 2 is 1.57 bits per heavy atom. The zero-order valence-electron chi connectivity index (χ0n) is 30.5. The van der Waals surface area contributed by atoms with Crippen molar-refractivity contribution < 1.29 is 14.6 Å². The van der Waals surface area contributed by atoms with Gasteiger partial charge in [-0.3, -0.25) is 4.79 Å². The first-order valence-corrected chi connectivity index (χ1v) is 19.4. The Bertz CT molecular complexity index is 1990. The van der Waals surface area contributed by atoms with Crippen molar-refractivity contribution in [3.63, 3.8) is 0 Å². The van der Waals surface area contributed by atoms with E-state index in [1.165, 1.54) is 34.4 Å². The molecule has 0 saturated carbocycles. The molecule has 1 unspecified atom stereocenters. The van der Waals surface area contributed by atoms with Crippen molar-refractivity contribution in [2.75, 3.05) is 49.1 Å². The van der Waals surface area contributed by atoms with Crippen LogP contribution in [0.4, 0.5) is 11.5 Å². The van der Waals surface area contributed by atoms with Gasteiger partial charge in [-0.1, -0.05) is 66.7 Å². The Morgan fingerprint density at radius 3 is 2.38 bits per heavy atom. The number of amides is 1. The third-order valence-corrected chi connectivity index (χ3v) is 11.8. The molecule has 0 radical (unpaired) electrons. The van der Waals surface area contributed by atoms with Crippen LogP contribution in [0.15, 0.2) is 121 Å². The average molecular weight is 707 g/mol. The standard InChI is InChI=1S/C46H50N4O3/c51-39-17-21-42-36(30-39)16-20-41(34-10-4-1-5-11-34)44(42)35-14-18-40(19-15-35)53-29-9-3-8-25-48-45(52)37-22-26-47-43(31-37)50-28-24-46(33-50)23-27-49(32-46)38-12-6-2-7-13-38/h1-2,4-7,10-15,17-19,21-22,26,30-31,41,44,51H,3,8-9,16,20,23-25,27-29,32-33H2,(H,48,52)/t41-,44+,46?/m1/s1. The van der Waals surface area contributed by atoms with Gasteiger partial charge in [0.05, 0.1) is 6.61 Å². The van der Waals surface area contributed by atoms with E-state index in [1.54, 1.807) is 6.20 Å². The molecule has 0 bridgehead atoms. The Balaban J connectivity index is 0.780. The molecule has 3 aliphatic rings. The Hall–Kier alpha value is -5.30. The predicted octanol–water partition coefficient (Wildman–Crippen LogP) is 8.74. The fraction of sp³-hybridized carbons (Fsp3) is 0.348. The van der Waals surface area contributed by atoms with Gasteiger partial charge in [0, 0.05) is 61.5 Å². The second-order valence-corrected chi connectivity index (χ2v) is 15.2. The van der Waals surface area contributed by atoms with Gasteiger partial charge in [-0.05, 0) is 122 Å². The molecule has 1 aliphatic carbocycles. The zero-order chi connectivity index (χ0) is 36.0. The summed E-state index contributed by atoms with van der Waals surface area (Å²) in [6.07, 6.45) is 8.91. The summed E-state index contributed by atoms with van der Waals surface area (Å²) in [6.45, 7) is 5.40. The maximum Gasteiger partial charge on any atom is 0.251 e. The summed E-state index contributed by atoms with van der Waals surface area (Å²) in [4.78, 5) is 22.6. The number of aromatic hydroxyl groups is 1. The number of ether oxygens (including phenoxy) is 1. The summed E-state index contributed by atoms with van der Waals surface area (Å²) in [5.74, 6) is 2.67. The lowest BCUT2D eigenvalue weighted by Crippen LogP contribution is -2.31. The lowest BCUT2D eigenvalue weighted by molar-refractivity contribution is 0.0952. The number of benzene rings is 4. The van der Waals surface area contributed by atoms with E-state index in [9.17, 15) is 9.90 Å². The number of pyridine rings is 1. The molecule has 2 saturated heterocycles. The molecule has 7 nitrogen and oxygen atoms in total. The van der Waals surface area contributed by atoms with Crippen LogP contribution >= 0.6 is 0 Å². The van der Waals surface area contributed by atoms with Crippen LogP contribution in [0.5, 0.6) is 11.5 Å². The van der Waals surface area contributed by atoms with Crippen molar-refractivity contribution in [2.45, 2.75) is 56.8 Å². The summed E-state index contributed by atoms with van der Waals surface area (Å²) in [5, 5.41) is 13.3. The van der Waals surface area contributed by atoms with E-state index in [0.29, 0.717) is 30.4 Å². The van der Waals surface area contributed by atoms with Crippen LogP contribution in [0.2, 0.25) is 0 Å². The number of carbonyl (C=O) groups is 1. The molecule has 3 atom stereocenters. The number of hydrogen-bond acceptors (Lipinski definition) is 6. The molecular weight excluding hydrogens is 657 g/mol. The lowest BCUT2D eigenvalue weighted by atomic mass is 9.69. The molecule has 7 heteroatoms. The van der Waals surface area contributed by atoms with Crippen molar-refractivity contribution in [1.82, 2.24) is 10.3 Å². The zero-order valence-corrected chi connectivity index (χ0v) is 30.5. The third kappa shape index (κ3) is 7.90. The van der Waals surface area contributed by atoms with Crippen molar-refractivity contribution >= 4 is 17.4 Å². The summed E-state index contributed by atoms with van der Waals surface area (Å²) in [6, 6.07) is 39.7. The first kappa shape index (κ1) is 34.8. The molecule has 5 aromatic rings. The summed E-state index contributed by atoms with van der Waals surface area (Å²) < 4.78 is 6.13. The number of rotatable bonds is 12. The molecular formula is C46H50N4O3. The van der Waals surface area contributed by atoms with E-state index >= 15 is 0 Å². The SMILES string of the molecule is O=C(NCCCCCOc1ccc([C@@H]2c3ccc(O)cc3CC[C@@H]2c2ccccc2)cc1)c1ccnc(N2CCC3(CCN(c4ccccc4)C3)C2)c1. The summed E-state index contributed by atoms with van der Waals surface area (Å²) in [7, 11) is 0. The van der Waals surface area contributed by atoms with Crippen LogP contribution < -0.4 is 19.9 Å². The normalized spacial score (nSPS) is 20.8. The molecule has 2 aliphatic heterocycles. The monoisotopic (exact) mass is 706 g/mol. The molecule has 1 amide bonds. The number of anilines is 2. The summed E-state index contributed by atoms with van der Waals surface area (Å²) >= 11 is 0. The summed E-state index contributed by atoms with van der Waals surface area (Å²) in [5.41, 5.74) is 7.41. The molecule has 3 heterocycles. The first-order chi connectivity index (χ1) is 26.0. The predicted molar refractivity (Wildman–Crippen MR) is 212 cm³/mol. The van der Waals surface area contributed by atoms with Gasteiger partial charge in [-0.25, -0.2) is 4.98 Å². The quantitative estimate of drug-likeness (QED) is 0.126. The number of phenolic OH excluding ortho intramolecular Hbond substituents is 1. The van der Waals surface area contributed by atoms with Crippen molar-refractivity contribution in [1.29, 1.82) is 0 Å². The number of phenols is 1. The fourth-order valence-corrected chi connectivity index (χ4v) is 8.94. The lowest BCUT2D eigenvalue weighted by Gasteiger charge is -2.34. The minimum atomic E-state index is -0.0399. The third-order valence-electron chi connectivity index (χ3n) is 11.8. The maximum atomic E-state index is 13.1. The first-order valence-electron chi connectivity index (χ1n) is 19.4. The Labute approximate surface area is 313 Å². The number of hydrogen-bond donors (Lipinski definition) is 2. The highest BCUT2D eigenvalue weighted by atomic mass is 16.5. The van der Waals surface area contributed by atoms with Gasteiger partial charge in [-0.15, -0.1) is 0 Å². The number of para-hydroxylation sites is 1. The van der Waals surface area contributed by atoms with Crippen LogP contribution in [0, 0.1) is 5.41 Å². The van der Waals surface area contributed by atoms with Crippen LogP contribution in [-0.4, -0.2) is 55.3 Å². The van der Waals surface area contributed by atoms with E-state index in [4.69, 9.17) is 4.74 Å². The molecule has 2 N–H and O–H groups in total. The second-order valence-electron chi connectivity index (χ2n) is 15.2. The van der Waals surface area contributed by atoms with E-state index < -0.39 is 0 Å². The largest absolute Gasteiger partial charge is 0.508 e. The number of nitrogens with one attached hydrogen (secondary N) is 1. The number of carbonyl (C=O) groups excluding carboxylic acids is 1. The number of aryl methyl sites for hydroxylation is 1. The van der Waals surface area contributed by atoms with Crippen molar-refractivity contribution in [3.05, 3.63) is 149 Å². The smallest absolute Gasteiger partial charge is 0.251 e. The highest BCUT2D eigenvalue weighted by molar-refractivity contribution is 5.94. The topological polar surface area (TPSA) is 77.9 Å². The maximum absolute atomic E-state index is 13.1. The number of unbranched alkanes of at least 4 members (excludes halogenated alkanes) is 2. The van der Waals surface area contributed by atoms with Gasteiger partial charge < -0.3 is 25.0 Å².